The highest BCUT2D eigenvalue weighted by atomic mass is 16.5. The molecule has 0 aliphatic carbocycles. The normalized spacial score (nSPS) is 12.8. The summed E-state index contributed by atoms with van der Waals surface area (Å²) in [6.07, 6.45) is 51.0. The molecular formula is C63H114O6. The minimum absolute atomic E-state index is 0.116. The molecule has 0 aliphatic heterocycles. The Morgan fingerprint density at radius 1 is 0.304 bits per heavy atom. The number of ether oxygens (including phenoxy) is 3. The van der Waals surface area contributed by atoms with Crippen LogP contribution in [-0.2, 0) is 14.2 Å². The third kappa shape index (κ3) is 36.2. The molecule has 402 valence electrons. The molecule has 0 aliphatic rings. The Bertz CT molecular complexity index is 1320. The van der Waals surface area contributed by atoms with Crippen LogP contribution in [0.4, 0.5) is 0 Å². The van der Waals surface area contributed by atoms with Gasteiger partial charge in [-0.1, -0.05) is 273 Å². The second kappa shape index (κ2) is 47.9. The molecule has 1 aromatic carbocycles. The van der Waals surface area contributed by atoms with E-state index in [0.717, 1.165) is 77.0 Å². The second-order valence-electron chi connectivity index (χ2n) is 21.5. The van der Waals surface area contributed by atoms with Crippen molar-refractivity contribution in [2.45, 2.75) is 311 Å². The van der Waals surface area contributed by atoms with Crippen molar-refractivity contribution in [3.05, 3.63) is 34.9 Å². The van der Waals surface area contributed by atoms with Gasteiger partial charge in [-0.3, -0.25) is 0 Å². The van der Waals surface area contributed by atoms with Crippen molar-refractivity contribution in [1.29, 1.82) is 0 Å². The molecule has 6 nitrogen and oxygen atoms in total. The zero-order chi connectivity index (χ0) is 50.3. The highest BCUT2D eigenvalue weighted by molar-refractivity contribution is 6.05. The summed E-state index contributed by atoms with van der Waals surface area (Å²) >= 11 is 0. The summed E-state index contributed by atoms with van der Waals surface area (Å²) in [6.45, 7) is 14.6. The Labute approximate surface area is 428 Å². The Balaban J connectivity index is 3.29. The van der Waals surface area contributed by atoms with Crippen molar-refractivity contribution >= 4 is 17.9 Å². The van der Waals surface area contributed by atoms with Gasteiger partial charge in [0.1, 0.15) is 0 Å². The number of carbonyl (C=O) groups is 3. The van der Waals surface area contributed by atoms with Crippen molar-refractivity contribution < 1.29 is 28.6 Å². The lowest BCUT2D eigenvalue weighted by molar-refractivity contribution is 0.0373. The summed E-state index contributed by atoms with van der Waals surface area (Å²) in [4.78, 5) is 42.3. The number of rotatable bonds is 51. The molecule has 0 saturated carbocycles. The molecule has 3 unspecified atom stereocenters. The number of carbonyl (C=O) groups excluding carboxylic acids is 3. The van der Waals surface area contributed by atoms with E-state index in [1.54, 1.807) is 18.2 Å². The maximum Gasteiger partial charge on any atom is 0.339 e. The van der Waals surface area contributed by atoms with Gasteiger partial charge in [0.2, 0.25) is 0 Å². The summed E-state index contributed by atoms with van der Waals surface area (Å²) in [5.74, 6) is -0.615. The predicted octanol–water partition coefficient (Wildman–Crippen LogP) is 20.5. The van der Waals surface area contributed by atoms with E-state index in [0.29, 0.717) is 31.7 Å². The zero-order valence-corrected chi connectivity index (χ0v) is 46.7. The first-order valence-corrected chi connectivity index (χ1v) is 30.5. The van der Waals surface area contributed by atoms with E-state index in [9.17, 15) is 14.4 Å². The third-order valence-electron chi connectivity index (χ3n) is 14.8. The number of benzene rings is 1. The number of unbranched alkanes of at least 4 members (excludes halogenated alkanes) is 30. The van der Waals surface area contributed by atoms with Gasteiger partial charge in [-0.2, -0.15) is 0 Å². The first kappa shape index (κ1) is 64.6. The molecule has 6 heteroatoms. The SMILES string of the molecule is CCCCCCCCCC(CCCCCCC)COC(=O)c1ccc(C(=O)OCC(CCCCCCC)CCCCCCCCC)c(C(=O)OCC(CCCCCCC)CCCCCCCCC)c1. The van der Waals surface area contributed by atoms with Crippen LogP contribution in [0, 0.1) is 17.8 Å². The Morgan fingerprint density at radius 3 is 0.812 bits per heavy atom. The van der Waals surface area contributed by atoms with Crippen molar-refractivity contribution in [2.75, 3.05) is 19.8 Å². The Kier molecular flexibility index (Phi) is 44.9. The van der Waals surface area contributed by atoms with Crippen LogP contribution < -0.4 is 0 Å². The van der Waals surface area contributed by atoms with E-state index >= 15 is 0 Å². The summed E-state index contributed by atoms with van der Waals surface area (Å²) in [6, 6.07) is 4.81. The molecule has 3 atom stereocenters. The summed E-state index contributed by atoms with van der Waals surface area (Å²) in [5.41, 5.74) is 0.586. The fourth-order valence-electron chi connectivity index (χ4n) is 10.1. The molecule has 0 saturated heterocycles. The standard InChI is InChI=1S/C63H114O6/c1-7-13-19-25-28-34-40-46-55(43-37-31-22-16-10-4)52-67-61(64)58-49-50-59(62(65)68-53-56(44-38-32-23-17-11-5)47-41-35-29-26-20-14-8-2)60(51-58)63(66)69-54-57(45-39-33-24-18-12-6)48-42-36-30-27-21-15-9-3/h49-51,55-57H,7-48,52-54H2,1-6H3. The maximum atomic E-state index is 14.3. The predicted molar refractivity (Wildman–Crippen MR) is 296 cm³/mol. The van der Waals surface area contributed by atoms with E-state index in [2.05, 4.69) is 41.5 Å². The van der Waals surface area contributed by atoms with Crippen molar-refractivity contribution in [1.82, 2.24) is 0 Å². The first-order chi connectivity index (χ1) is 33.8. The highest BCUT2D eigenvalue weighted by Gasteiger charge is 2.25. The van der Waals surface area contributed by atoms with Crippen molar-refractivity contribution in [3.8, 4) is 0 Å². The van der Waals surface area contributed by atoms with E-state index in [-0.39, 0.29) is 22.6 Å². The molecule has 0 N–H and O–H groups in total. The lowest BCUT2D eigenvalue weighted by atomic mass is 9.94. The smallest absolute Gasteiger partial charge is 0.339 e. The minimum Gasteiger partial charge on any atom is -0.462 e. The van der Waals surface area contributed by atoms with E-state index < -0.39 is 17.9 Å². The third-order valence-corrected chi connectivity index (χ3v) is 14.8. The van der Waals surface area contributed by atoms with Gasteiger partial charge in [0.15, 0.2) is 0 Å². The fourth-order valence-corrected chi connectivity index (χ4v) is 10.1. The molecular weight excluding hydrogens is 853 g/mol. The average Bonchev–Trinajstić information content (AvgIpc) is 3.36. The van der Waals surface area contributed by atoms with Gasteiger partial charge in [0, 0.05) is 0 Å². The second-order valence-corrected chi connectivity index (χ2v) is 21.5. The van der Waals surface area contributed by atoms with Gasteiger partial charge in [-0.25, -0.2) is 14.4 Å². The molecule has 1 aromatic rings. The van der Waals surface area contributed by atoms with Crippen LogP contribution in [0.5, 0.6) is 0 Å². The molecule has 0 heterocycles. The van der Waals surface area contributed by atoms with Gasteiger partial charge in [0.25, 0.3) is 0 Å². The van der Waals surface area contributed by atoms with Gasteiger partial charge >= 0.3 is 17.9 Å². The molecule has 1 rings (SSSR count). The van der Waals surface area contributed by atoms with E-state index in [1.165, 1.54) is 193 Å². The summed E-state index contributed by atoms with van der Waals surface area (Å²) in [7, 11) is 0. The lowest BCUT2D eigenvalue weighted by Gasteiger charge is -2.20. The molecule has 0 aromatic heterocycles. The summed E-state index contributed by atoms with van der Waals surface area (Å²) < 4.78 is 18.4. The van der Waals surface area contributed by atoms with Gasteiger partial charge < -0.3 is 14.2 Å². The quantitative estimate of drug-likeness (QED) is 0.0368. The molecule has 0 radical (unpaired) electrons. The van der Waals surface area contributed by atoms with Crippen LogP contribution in [-0.4, -0.2) is 37.7 Å². The molecule has 69 heavy (non-hydrogen) atoms. The fraction of sp³-hybridized carbons (Fsp3) is 0.857. The zero-order valence-electron chi connectivity index (χ0n) is 46.7. The lowest BCUT2D eigenvalue weighted by Crippen LogP contribution is -2.21. The molecule has 0 bridgehead atoms. The van der Waals surface area contributed by atoms with Crippen LogP contribution in [0.1, 0.15) is 342 Å². The Morgan fingerprint density at radius 2 is 0.536 bits per heavy atom. The first-order valence-electron chi connectivity index (χ1n) is 30.5. The molecule has 0 fully saturated rings. The monoisotopic (exact) mass is 967 g/mol. The summed E-state index contributed by atoms with van der Waals surface area (Å²) in [5, 5.41) is 0. The number of esters is 3. The van der Waals surface area contributed by atoms with Gasteiger partial charge in [-0.05, 0) is 74.5 Å². The van der Waals surface area contributed by atoms with Crippen LogP contribution in [0.2, 0.25) is 0 Å². The van der Waals surface area contributed by atoms with Gasteiger partial charge in [-0.15, -0.1) is 0 Å². The van der Waals surface area contributed by atoms with Crippen molar-refractivity contribution in [3.63, 3.8) is 0 Å². The Hall–Kier alpha value is -2.37. The number of hydrogen-bond donors (Lipinski definition) is 0. The highest BCUT2D eigenvalue weighted by Crippen LogP contribution is 2.26. The largest absolute Gasteiger partial charge is 0.462 e. The van der Waals surface area contributed by atoms with Crippen LogP contribution in [0.25, 0.3) is 0 Å². The minimum atomic E-state index is -0.549. The average molecular weight is 968 g/mol. The maximum absolute atomic E-state index is 14.3. The molecule has 0 spiro atoms. The molecule has 0 amide bonds. The van der Waals surface area contributed by atoms with E-state index in [1.807, 2.05) is 0 Å². The topological polar surface area (TPSA) is 78.9 Å². The van der Waals surface area contributed by atoms with Crippen LogP contribution in [0.15, 0.2) is 18.2 Å². The van der Waals surface area contributed by atoms with Crippen LogP contribution >= 0.6 is 0 Å². The van der Waals surface area contributed by atoms with Gasteiger partial charge in [0.05, 0.1) is 36.5 Å². The number of hydrogen-bond acceptors (Lipinski definition) is 6. The van der Waals surface area contributed by atoms with Crippen molar-refractivity contribution in [2.24, 2.45) is 17.8 Å². The van der Waals surface area contributed by atoms with Crippen LogP contribution in [0.3, 0.4) is 0 Å². The van der Waals surface area contributed by atoms with E-state index in [4.69, 9.17) is 14.2 Å².